The summed E-state index contributed by atoms with van der Waals surface area (Å²) in [6.45, 7) is 3.25. The Labute approximate surface area is 174 Å². The van der Waals surface area contributed by atoms with E-state index in [-0.39, 0.29) is 11.6 Å². The van der Waals surface area contributed by atoms with Gasteiger partial charge in [-0.15, -0.1) is 0 Å². The molecule has 12 atom stereocenters. The fraction of sp³-hybridized carbons (Fsp3) is 0.846. The van der Waals surface area contributed by atoms with E-state index < -0.39 is 0 Å². The van der Waals surface area contributed by atoms with Gasteiger partial charge in [-0.1, -0.05) is 24.3 Å². The van der Waals surface area contributed by atoms with Gasteiger partial charge >= 0.3 is 0 Å². The van der Waals surface area contributed by atoms with Crippen molar-refractivity contribution in [3.05, 3.63) is 24.3 Å². The molecule has 4 nitrogen and oxygen atoms in total. The van der Waals surface area contributed by atoms with Gasteiger partial charge in [-0.25, -0.2) is 0 Å². The monoisotopic (exact) mass is 400 g/mol. The first-order valence-electron chi connectivity index (χ1n) is 12.8. The van der Waals surface area contributed by atoms with Crippen LogP contribution in [-0.2, 0) is 18.9 Å². The van der Waals surface area contributed by atoms with Crippen LogP contribution >= 0.6 is 0 Å². The fourth-order valence-corrected chi connectivity index (χ4v) is 17.4. The molecule has 0 amide bonds. The average Bonchev–Trinajstić information content (AvgIpc) is 3.58. The molecule has 2 saturated heterocycles. The summed E-state index contributed by atoms with van der Waals surface area (Å²) < 4.78 is 27.4. The summed E-state index contributed by atoms with van der Waals surface area (Å²) in [5.41, 5.74) is 1.72. The summed E-state index contributed by atoms with van der Waals surface area (Å²) >= 11 is 0. The molecule has 30 heavy (non-hydrogen) atoms. The van der Waals surface area contributed by atoms with Crippen LogP contribution in [-0.4, -0.2) is 38.0 Å². The van der Waals surface area contributed by atoms with E-state index in [9.17, 15) is 0 Å². The van der Waals surface area contributed by atoms with Gasteiger partial charge in [-0.3, -0.25) is 0 Å². The zero-order valence-electron chi connectivity index (χ0n) is 16.7. The lowest BCUT2D eigenvalue weighted by Crippen LogP contribution is -2.78. The molecule has 13 aliphatic carbocycles. The maximum absolute atomic E-state index is 6.84. The molecule has 0 aromatic rings. The van der Waals surface area contributed by atoms with Gasteiger partial charge < -0.3 is 18.9 Å². The third-order valence-electron chi connectivity index (χ3n) is 15.2. The topological polar surface area (TPSA) is 36.9 Å². The van der Waals surface area contributed by atoms with Crippen LogP contribution in [0.3, 0.4) is 0 Å². The minimum atomic E-state index is -0.261. The lowest BCUT2D eigenvalue weighted by Gasteiger charge is -2.79. The molecule has 0 radical (unpaired) electrons. The van der Waals surface area contributed by atoms with Crippen molar-refractivity contribution in [2.45, 2.75) is 11.6 Å². The van der Waals surface area contributed by atoms with E-state index in [1.54, 1.807) is 0 Å². The van der Waals surface area contributed by atoms with Crippen molar-refractivity contribution in [1.29, 1.82) is 0 Å². The van der Waals surface area contributed by atoms with Gasteiger partial charge in [-0.2, -0.15) is 0 Å². The molecule has 152 valence electrons. The lowest BCUT2D eigenvalue weighted by atomic mass is 9.22. The van der Waals surface area contributed by atoms with Gasteiger partial charge in [0, 0.05) is 23.7 Å². The Bertz CT molecular complexity index is 984. The summed E-state index contributed by atoms with van der Waals surface area (Å²) in [7, 11) is 0. The summed E-state index contributed by atoms with van der Waals surface area (Å²) in [5.74, 6) is 8.25. The highest BCUT2D eigenvalue weighted by atomic mass is 16.8. The number of ether oxygens (including phenoxy) is 4. The molecule has 15 aliphatic rings. The highest BCUT2D eigenvalue weighted by Gasteiger charge is 3.22. The number of hydrogen-bond donors (Lipinski definition) is 0. The first-order chi connectivity index (χ1) is 14.8. The van der Waals surface area contributed by atoms with Gasteiger partial charge in [-0.05, 0) is 69.0 Å². The molecule has 8 bridgehead atoms. The highest BCUT2D eigenvalue weighted by Crippen LogP contribution is 3.21. The lowest BCUT2D eigenvalue weighted by molar-refractivity contribution is -0.334. The average molecular weight is 400 g/mol. The van der Waals surface area contributed by atoms with Crippen molar-refractivity contribution < 1.29 is 18.9 Å². The van der Waals surface area contributed by atoms with Crippen molar-refractivity contribution >= 4 is 0 Å². The molecule has 2 heterocycles. The van der Waals surface area contributed by atoms with Crippen LogP contribution in [0.2, 0.25) is 0 Å². The first kappa shape index (κ1) is 13.8. The van der Waals surface area contributed by atoms with Crippen LogP contribution in [0.15, 0.2) is 24.3 Å². The molecule has 0 aromatic heterocycles. The Kier molecular flexibility index (Phi) is 1.40. The van der Waals surface area contributed by atoms with E-state index in [0.717, 1.165) is 73.8 Å². The minimum Gasteiger partial charge on any atom is -0.347 e. The molecular weight excluding hydrogens is 376 g/mol. The van der Waals surface area contributed by atoms with Crippen molar-refractivity contribution in [2.24, 2.45) is 92.7 Å². The first-order valence-corrected chi connectivity index (χ1v) is 12.8. The van der Waals surface area contributed by atoms with Crippen LogP contribution in [0.25, 0.3) is 0 Å². The van der Waals surface area contributed by atoms with E-state index in [0.29, 0.717) is 45.3 Å². The number of hydrogen-bond acceptors (Lipinski definition) is 4. The molecular formula is C26H24O4. The van der Waals surface area contributed by atoms with Crippen molar-refractivity contribution in [2.75, 3.05) is 26.4 Å². The third kappa shape index (κ3) is 0.616. The van der Waals surface area contributed by atoms with Gasteiger partial charge in [0.05, 0.1) is 26.4 Å². The predicted molar refractivity (Wildman–Crippen MR) is 99.2 cm³/mol. The predicted octanol–water partition coefficient (Wildman–Crippen LogP) is 2.07. The molecule has 11 fully saturated rings. The standard InChI is InChI=1S/C26H24O4/c1-2-10-14-12-4-3-11-13(14)9(1)21-17-15-16-19(25(17)27-5-6-28-25)23(11,21)24(12)20(16)26(29-7-8-30-26)18(15)22(10,21)24/h1-4,9-20H,5-8H2/t9-,10+,11+,12-,13?,14?,15?,16?,17-,18+,19+,20-,21?,22?,23?,24?. The highest BCUT2D eigenvalue weighted by molar-refractivity contribution is 5.70. The van der Waals surface area contributed by atoms with Crippen molar-refractivity contribution in [3.8, 4) is 0 Å². The quantitative estimate of drug-likeness (QED) is 0.584. The van der Waals surface area contributed by atoms with Gasteiger partial charge in [0.25, 0.3) is 0 Å². The zero-order valence-corrected chi connectivity index (χ0v) is 16.7. The normalized spacial score (nSPS) is 83.7. The van der Waals surface area contributed by atoms with Crippen molar-refractivity contribution in [1.82, 2.24) is 0 Å². The van der Waals surface area contributed by atoms with E-state index in [1.165, 1.54) is 0 Å². The second-order valence-electron chi connectivity index (χ2n) is 13.4. The maximum atomic E-state index is 6.84. The molecule has 15 rings (SSSR count). The van der Waals surface area contributed by atoms with Crippen LogP contribution in [0.1, 0.15) is 0 Å². The number of allylic oxidation sites excluding steroid dienone is 4. The molecule has 9 saturated carbocycles. The Morgan fingerprint density at radius 3 is 1.03 bits per heavy atom. The Morgan fingerprint density at radius 1 is 0.433 bits per heavy atom. The Hall–Kier alpha value is -0.680. The maximum Gasteiger partial charge on any atom is 0.175 e. The SMILES string of the molecule is C1=C[C@H]2C3C4[C@@H]1C15[C@H]6C7C8[C@H](C69OCCO9)C16[C@H]4C=C[C@H]3C61[C@@H]8C3(OCCO3)[C@@H]7C251. The van der Waals surface area contributed by atoms with E-state index in [4.69, 9.17) is 18.9 Å². The third-order valence-corrected chi connectivity index (χ3v) is 15.2. The van der Waals surface area contributed by atoms with E-state index >= 15 is 0 Å². The Morgan fingerprint density at radius 2 is 0.733 bits per heavy atom. The van der Waals surface area contributed by atoms with E-state index in [2.05, 4.69) is 24.3 Å². The zero-order chi connectivity index (χ0) is 18.4. The van der Waals surface area contributed by atoms with Crippen molar-refractivity contribution in [3.63, 3.8) is 0 Å². The van der Waals surface area contributed by atoms with Crippen LogP contribution in [0, 0.1) is 92.7 Å². The molecule has 0 N–H and O–H groups in total. The molecule has 0 aromatic carbocycles. The second-order valence-corrected chi connectivity index (χ2v) is 13.4. The molecule has 4 heteroatoms. The fourth-order valence-electron chi connectivity index (χ4n) is 17.4. The summed E-state index contributed by atoms with van der Waals surface area (Å²) in [5, 5.41) is 0. The van der Waals surface area contributed by atoms with E-state index in [1.807, 2.05) is 0 Å². The van der Waals surface area contributed by atoms with Crippen LogP contribution in [0.4, 0.5) is 0 Å². The smallest absolute Gasteiger partial charge is 0.175 e. The van der Waals surface area contributed by atoms with Crippen LogP contribution < -0.4 is 0 Å². The summed E-state index contributed by atoms with van der Waals surface area (Å²) in [4.78, 5) is 0. The van der Waals surface area contributed by atoms with Gasteiger partial charge in [0.2, 0.25) is 0 Å². The second kappa shape index (κ2) is 3.04. The van der Waals surface area contributed by atoms with Gasteiger partial charge in [0.15, 0.2) is 11.6 Å². The largest absolute Gasteiger partial charge is 0.347 e. The van der Waals surface area contributed by atoms with Crippen LogP contribution in [0.5, 0.6) is 0 Å². The summed E-state index contributed by atoms with van der Waals surface area (Å²) in [6.07, 6.45) is 10.9. The number of rotatable bonds is 0. The molecule has 2 aliphatic heterocycles. The summed E-state index contributed by atoms with van der Waals surface area (Å²) in [6, 6.07) is 0. The minimum absolute atomic E-state index is 0.261. The molecule has 4 unspecified atom stereocenters. The molecule has 6 spiro atoms. The Balaban J connectivity index is 1.32. The van der Waals surface area contributed by atoms with Gasteiger partial charge in [0.1, 0.15) is 0 Å².